The Balaban J connectivity index is 1.16. The number of hydrogen-bond donors (Lipinski definition) is 2. The molecule has 4 heterocycles. The Bertz CT molecular complexity index is 1890. The smallest absolute Gasteiger partial charge is 0.319 e. The molecule has 2 amide bonds. The minimum Gasteiger partial charge on any atom is -0.484 e. The second-order valence-electron chi connectivity index (χ2n) is 16.1. The number of likely N-dealkylation sites (N-methyl/N-ethyl adjacent to an activating group) is 1. The Morgan fingerprint density at radius 2 is 1.67 bits per heavy atom. The van der Waals surface area contributed by atoms with Crippen LogP contribution in [-0.4, -0.2) is 100.0 Å². The van der Waals surface area contributed by atoms with Gasteiger partial charge < -0.3 is 25.2 Å². The SMILES string of the molecule is CN(C)CCCC(=O)c1cc(NC(=O)N[C@H]2CC[C@@H](Oc3ccc4nnc(C(C)(C)N5CCN(C)CC5)n4c3)c3ccccc32)cc(C(C)(C)C)n1. The number of ketones is 1. The predicted octanol–water partition coefficient (Wildman–Crippen LogP) is 6.21. The second-order valence-corrected chi connectivity index (χ2v) is 16.1. The van der Waals surface area contributed by atoms with E-state index < -0.39 is 0 Å². The molecule has 12 heteroatoms. The standard InChI is InChI=1S/C40H55N9O3/c1-39(2,3)35-25-27(24-32(42-35)33(50)14-11-19-46(6)7)41-38(51)43-31-16-17-34(30-13-10-9-12-29(30)31)52-28-15-18-36-44-45-37(49(36)26-28)40(4,5)48-22-20-47(8)21-23-48/h9-10,12-13,15,18,24-26,31,34H,11,14,16-17,19-23H2,1-8H3,(H2,41,42,43,51)/t31-,34+/m0/s1. The van der Waals surface area contributed by atoms with Gasteiger partial charge in [0, 0.05) is 49.4 Å². The molecule has 1 saturated heterocycles. The average Bonchev–Trinajstić information content (AvgIpc) is 3.53. The summed E-state index contributed by atoms with van der Waals surface area (Å²) in [5.41, 5.74) is 3.94. The van der Waals surface area contributed by atoms with Crippen LogP contribution in [0.3, 0.4) is 0 Å². The molecule has 2 atom stereocenters. The largest absolute Gasteiger partial charge is 0.484 e. The third-order valence-corrected chi connectivity index (χ3v) is 10.4. The van der Waals surface area contributed by atoms with E-state index in [1.165, 1.54) is 0 Å². The zero-order valence-corrected chi connectivity index (χ0v) is 32.1. The monoisotopic (exact) mass is 709 g/mol. The number of piperazine rings is 1. The van der Waals surface area contributed by atoms with E-state index >= 15 is 0 Å². The lowest BCUT2D eigenvalue weighted by Gasteiger charge is -2.42. The highest BCUT2D eigenvalue weighted by Crippen LogP contribution is 2.39. The molecule has 0 bridgehead atoms. The van der Waals surface area contributed by atoms with Crippen LogP contribution in [0.4, 0.5) is 10.5 Å². The van der Waals surface area contributed by atoms with E-state index in [9.17, 15) is 9.59 Å². The predicted molar refractivity (Wildman–Crippen MR) is 204 cm³/mol. The number of nitrogens with one attached hydrogen (secondary N) is 2. The fourth-order valence-corrected chi connectivity index (χ4v) is 7.19. The summed E-state index contributed by atoms with van der Waals surface area (Å²) in [6.45, 7) is 15.4. The number of ether oxygens (including phenoxy) is 1. The van der Waals surface area contributed by atoms with Gasteiger partial charge in [-0.25, -0.2) is 9.78 Å². The summed E-state index contributed by atoms with van der Waals surface area (Å²) in [7, 11) is 6.15. The maximum atomic E-state index is 13.5. The highest BCUT2D eigenvalue weighted by atomic mass is 16.5. The molecule has 52 heavy (non-hydrogen) atoms. The summed E-state index contributed by atoms with van der Waals surface area (Å²) in [4.78, 5) is 38.2. The first kappa shape index (κ1) is 37.4. The number of benzene rings is 1. The quantitative estimate of drug-likeness (QED) is 0.175. The number of Topliss-reactive ketones (excluding diaryl/α,β-unsaturated/α-hetero) is 1. The van der Waals surface area contributed by atoms with Crippen LogP contribution >= 0.6 is 0 Å². The van der Waals surface area contributed by atoms with Gasteiger partial charge in [0.2, 0.25) is 0 Å². The van der Waals surface area contributed by atoms with Gasteiger partial charge in [0.05, 0.1) is 17.8 Å². The van der Waals surface area contributed by atoms with Crippen LogP contribution in [0.25, 0.3) is 5.65 Å². The van der Waals surface area contributed by atoms with Crippen molar-refractivity contribution in [1.82, 2.24) is 39.6 Å². The Hall–Kier alpha value is -4.39. The van der Waals surface area contributed by atoms with E-state index in [4.69, 9.17) is 9.72 Å². The summed E-state index contributed by atoms with van der Waals surface area (Å²) in [6, 6.07) is 15.1. The number of carbonyl (C=O) groups excluding carboxylic acids is 2. The van der Waals surface area contributed by atoms with Crippen molar-refractivity contribution in [2.24, 2.45) is 0 Å². The zero-order chi connectivity index (χ0) is 37.2. The van der Waals surface area contributed by atoms with Gasteiger partial charge in [-0.05, 0) is 96.2 Å². The van der Waals surface area contributed by atoms with Crippen LogP contribution in [0.5, 0.6) is 5.75 Å². The van der Waals surface area contributed by atoms with Gasteiger partial charge in [0.1, 0.15) is 17.5 Å². The van der Waals surface area contributed by atoms with Gasteiger partial charge in [0.25, 0.3) is 0 Å². The van der Waals surface area contributed by atoms with E-state index in [0.717, 1.165) is 79.6 Å². The minimum absolute atomic E-state index is 0.0259. The molecule has 2 N–H and O–H groups in total. The molecule has 278 valence electrons. The molecule has 3 aromatic heterocycles. The first-order valence-electron chi connectivity index (χ1n) is 18.5. The minimum atomic E-state index is -0.329. The Labute approximate surface area is 307 Å². The molecular weight excluding hydrogens is 654 g/mol. The van der Waals surface area contributed by atoms with Crippen LogP contribution in [0.1, 0.15) is 106 Å². The van der Waals surface area contributed by atoms with Crippen LogP contribution in [0, 0.1) is 0 Å². The topological polar surface area (TPSA) is 120 Å². The fraction of sp³-hybridized carbons (Fsp3) is 0.525. The Kier molecular flexibility index (Phi) is 11.0. The van der Waals surface area contributed by atoms with Crippen LogP contribution in [0.2, 0.25) is 0 Å². The summed E-state index contributed by atoms with van der Waals surface area (Å²) in [5, 5.41) is 15.3. The fourth-order valence-electron chi connectivity index (χ4n) is 7.19. The lowest BCUT2D eigenvalue weighted by Crippen LogP contribution is -2.52. The van der Waals surface area contributed by atoms with Crippen molar-refractivity contribution in [1.29, 1.82) is 0 Å². The number of aromatic nitrogens is 4. The van der Waals surface area contributed by atoms with Crippen molar-refractivity contribution in [2.45, 2.75) is 83.4 Å². The summed E-state index contributed by atoms with van der Waals surface area (Å²) in [6.07, 6.45) is 4.38. The van der Waals surface area contributed by atoms with Crippen LogP contribution in [0.15, 0.2) is 54.7 Å². The first-order chi connectivity index (χ1) is 24.7. The third kappa shape index (κ3) is 8.46. The molecule has 6 rings (SSSR count). The van der Waals surface area contributed by atoms with E-state index in [2.05, 4.69) is 93.7 Å². The number of fused-ring (bicyclic) bond motifs is 2. The van der Waals surface area contributed by atoms with E-state index in [0.29, 0.717) is 24.2 Å². The molecule has 1 aliphatic carbocycles. The van der Waals surface area contributed by atoms with E-state index in [-0.39, 0.29) is 34.9 Å². The number of hydrogen-bond acceptors (Lipinski definition) is 9. The van der Waals surface area contributed by atoms with Crippen molar-refractivity contribution in [3.63, 3.8) is 0 Å². The van der Waals surface area contributed by atoms with E-state index in [1.807, 2.05) is 50.6 Å². The van der Waals surface area contributed by atoms with Crippen molar-refractivity contribution < 1.29 is 14.3 Å². The highest BCUT2D eigenvalue weighted by Gasteiger charge is 2.35. The molecule has 4 aromatic rings. The number of amides is 2. The van der Waals surface area contributed by atoms with Crippen molar-refractivity contribution in [3.8, 4) is 5.75 Å². The van der Waals surface area contributed by atoms with Crippen molar-refractivity contribution in [2.75, 3.05) is 59.2 Å². The van der Waals surface area contributed by atoms with Gasteiger partial charge in [-0.3, -0.25) is 14.1 Å². The summed E-state index contributed by atoms with van der Waals surface area (Å²) < 4.78 is 8.75. The number of urea groups is 1. The first-order valence-corrected chi connectivity index (χ1v) is 18.5. The normalized spacial score (nSPS) is 18.7. The molecular formula is C40H55N9O3. The third-order valence-electron chi connectivity index (χ3n) is 10.4. The molecule has 0 saturated carbocycles. The van der Waals surface area contributed by atoms with Crippen molar-refractivity contribution in [3.05, 3.63) is 83.1 Å². The number of pyridine rings is 2. The van der Waals surface area contributed by atoms with Gasteiger partial charge in [-0.15, -0.1) is 10.2 Å². The number of rotatable bonds is 11. The average molecular weight is 710 g/mol. The van der Waals surface area contributed by atoms with Crippen LogP contribution < -0.4 is 15.4 Å². The Morgan fingerprint density at radius 1 is 0.942 bits per heavy atom. The Morgan fingerprint density at radius 3 is 2.38 bits per heavy atom. The maximum Gasteiger partial charge on any atom is 0.319 e. The lowest BCUT2D eigenvalue weighted by molar-refractivity contribution is 0.0544. The van der Waals surface area contributed by atoms with Gasteiger partial charge in [-0.2, -0.15) is 0 Å². The molecule has 0 unspecified atom stereocenters. The molecule has 2 aliphatic rings. The zero-order valence-electron chi connectivity index (χ0n) is 32.1. The maximum absolute atomic E-state index is 13.5. The number of carbonyl (C=O) groups is 2. The van der Waals surface area contributed by atoms with Gasteiger partial charge >= 0.3 is 6.03 Å². The van der Waals surface area contributed by atoms with Crippen LogP contribution in [-0.2, 0) is 11.0 Å². The van der Waals surface area contributed by atoms with Gasteiger partial charge in [0.15, 0.2) is 17.3 Å². The molecule has 1 aromatic carbocycles. The molecule has 1 aliphatic heterocycles. The number of anilines is 1. The molecule has 0 spiro atoms. The lowest BCUT2D eigenvalue weighted by atomic mass is 9.85. The molecule has 1 fully saturated rings. The summed E-state index contributed by atoms with van der Waals surface area (Å²) >= 11 is 0. The van der Waals surface area contributed by atoms with E-state index in [1.54, 1.807) is 6.07 Å². The molecule has 12 nitrogen and oxygen atoms in total. The van der Waals surface area contributed by atoms with Crippen molar-refractivity contribution >= 4 is 23.1 Å². The van der Waals surface area contributed by atoms with Gasteiger partial charge in [-0.1, -0.05) is 45.0 Å². The number of nitrogens with zero attached hydrogens (tertiary/aromatic N) is 7. The second kappa shape index (κ2) is 15.3. The summed E-state index contributed by atoms with van der Waals surface area (Å²) in [5.74, 6) is 1.61. The highest BCUT2D eigenvalue weighted by molar-refractivity contribution is 5.97. The molecule has 0 radical (unpaired) electrons.